The number of amides is 1. The summed E-state index contributed by atoms with van der Waals surface area (Å²) in [7, 11) is 3.18. The topological polar surface area (TPSA) is 55.6 Å². The lowest BCUT2D eigenvalue weighted by Crippen LogP contribution is -2.25. The zero-order valence-electron chi connectivity index (χ0n) is 7.28. The van der Waals surface area contributed by atoms with Crippen molar-refractivity contribution >= 4 is 22.0 Å². The Balaban J connectivity index is 2.59. The minimum atomic E-state index is -0.477. The number of alkyl halides is 1. The second-order valence-corrected chi connectivity index (χ2v) is 3.09. The first-order valence-corrected chi connectivity index (χ1v) is 4.66. The van der Waals surface area contributed by atoms with Crippen LogP contribution >= 0.6 is 15.9 Å². The SMILES string of the molecule is CN(C)C(=O)Oc1cc(CBr)on1. The number of halogens is 1. The van der Waals surface area contributed by atoms with Crippen LogP contribution in [-0.2, 0) is 5.33 Å². The van der Waals surface area contributed by atoms with E-state index in [1.165, 1.54) is 4.90 Å². The molecule has 0 saturated carbocycles. The lowest BCUT2D eigenvalue weighted by molar-refractivity contribution is 0.167. The minimum absolute atomic E-state index is 0.174. The summed E-state index contributed by atoms with van der Waals surface area (Å²) in [6.45, 7) is 0. The van der Waals surface area contributed by atoms with Crippen molar-refractivity contribution in [1.29, 1.82) is 0 Å². The molecule has 0 aliphatic heterocycles. The third-order valence-electron chi connectivity index (χ3n) is 1.23. The molecule has 72 valence electrons. The fourth-order valence-electron chi connectivity index (χ4n) is 0.586. The largest absolute Gasteiger partial charge is 0.416 e. The highest BCUT2D eigenvalue weighted by Crippen LogP contribution is 2.14. The molecule has 0 unspecified atom stereocenters. The van der Waals surface area contributed by atoms with Gasteiger partial charge in [0.15, 0.2) is 5.76 Å². The van der Waals surface area contributed by atoms with Crippen molar-refractivity contribution in [2.24, 2.45) is 0 Å². The van der Waals surface area contributed by atoms with Gasteiger partial charge in [0.05, 0.1) is 5.33 Å². The highest BCUT2D eigenvalue weighted by molar-refractivity contribution is 9.08. The fourth-order valence-corrected chi connectivity index (χ4v) is 0.850. The highest BCUT2D eigenvalue weighted by Gasteiger charge is 2.10. The molecule has 0 radical (unpaired) electrons. The van der Waals surface area contributed by atoms with E-state index in [0.29, 0.717) is 11.1 Å². The standard InChI is InChI=1S/C7H9BrN2O3/c1-10(2)7(11)12-6-3-5(4-8)13-9-6/h3H,4H2,1-2H3. The highest BCUT2D eigenvalue weighted by atomic mass is 79.9. The Labute approximate surface area is 83.8 Å². The van der Waals surface area contributed by atoms with Gasteiger partial charge < -0.3 is 14.2 Å². The third-order valence-corrected chi connectivity index (χ3v) is 1.78. The molecule has 0 aliphatic rings. The molecule has 1 aromatic rings. The van der Waals surface area contributed by atoms with E-state index in [1.54, 1.807) is 20.2 Å². The summed E-state index contributed by atoms with van der Waals surface area (Å²) in [5.74, 6) is 0.787. The number of nitrogens with zero attached hydrogens (tertiary/aromatic N) is 2. The van der Waals surface area contributed by atoms with Crippen LogP contribution in [0.25, 0.3) is 0 Å². The Hall–Kier alpha value is -1.04. The molecule has 0 aliphatic carbocycles. The number of carbonyl (C=O) groups is 1. The van der Waals surface area contributed by atoms with E-state index in [1.807, 2.05) is 0 Å². The van der Waals surface area contributed by atoms with Gasteiger partial charge in [0.25, 0.3) is 5.88 Å². The Kier molecular flexibility index (Phi) is 3.30. The third kappa shape index (κ3) is 2.73. The van der Waals surface area contributed by atoms with E-state index in [0.717, 1.165) is 0 Å². The predicted octanol–water partition coefficient (Wildman–Crippen LogP) is 1.63. The van der Waals surface area contributed by atoms with Crippen molar-refractivity contribution in [2.75, 3.05) is 14.1 Å². The van der Waals surface area contributed by atoms with Gasteiger partial charge in [-0.2, -0.15) is 0 Å². The normalized spacial score (nSPS) is 9.77. The van der Waals surface area contributed by atoms with Gasteiger partial charge in [0.1, 0.15) is 0 Å². The number of hydrogen-bond acceptors (Lipinski definition) is 4. The predicted molar refractivity (Wildman–Crippen MR) is 48.8 cm³/mol. The molecule has 0 aromatic carbocycles. The Bertz CT molecular complexity index is 298. The molecular formula is C7H9BrN2O3. The van der Waals surface area contributed by atoms with Gasteiger partial charge in [0, 0.05) is 20.2 Å². The number of ether oxygens (including phenoxy) is 1. The molecule has 0 N–H and O–H groups in total. The lowest BCUT2D eigenvalue weighted by Gasteiger charge is -2.07. The summed E-state index contributed by atoms with van der Waals surface area (Å²) in [5.41, 5.74) is 0. The summed E-state index contributed by atoms with van der Waals surface area (Å²) >= 11 is 3.18. The maximum Gasteiger partial charge on any atom is 0.416 e. The molecule has 13 heavy (non-hydrogen) atoms. The van der Waals surface area contributed by atoms with E-state index in [4.69, 9.17) is 9.26 Å². The van der Waals surface area contributed by atoms with Gasteiger partial charge >= 0.3 is 6.09 Å². The van der Waals surface area contributed by atoms with Crippen LogP contribution in [0.5, 0.6) is 5.88 Å². The zero-order valence-corrected chi connectivity index (χ0v) is 8.87. The lowest BCUT2D eigenvalue weighted by atomic mass is 10.5. The van der Waals surface area contributed by atoms with Crippen LogP contribution in [0.2, 0.25) is 0 Å². The van der Waals surface area contributed by atoms with E-state index < -0.39 is 6.09 Å². The Morgan fingerprint density at radius 1 is 1.77 bits per heavy atom. The number of aromatic nitrogens is 1. The second kappa shape index (κ2) is 4.27. The second-order valence-electron chi connectivity index (χ2n) is 2.53. The van der Waals surface area contributed by atoms with Crippen LogP contribution in [0, 0.1) is 0 Å². The molecule has 1 heterocycles. The van der Waals surface area contributed by atoms with E-state index in [2.05, 4.69) is 21.1 Å². The van der Waals surface area contributed by atoms with Gasteiger partial charge in [-0.15, -0.1) is 0 Å². The summed E-state index contributed by atoms with van der Waals surface area (Å²) in [4.78, 5) is 12.3. The van der Waals surface area contributed by atoms with Crippen LogP contribution in [0.1, 0.15) is 5.76 Å². The average Bonchev–Trinajstić information content (AvgIpc) is 2.52. The quantitative estimate of drug-likeness (QED) is 0.747. The first kappa shape index (κ1) is 10.0. The molecule has 0 bridgehead atoms. The molecule has 0 spiro atoms. The summed E-state index contributed by atoms with van der Waals surface area (Å²) in [6.07, 6.45) is -0.477. The zero-order chi connectivity index (χ0) is 9.84. The number of hydrogen-bond donors (Lipinski definition) is 0. The fraction of sp³-hybridized carbons (Fsp3) is 0.429. The minimum Gasteiger partial charge on any atom is -0.388 e. The Morgan fingerprint density at radius 3 is 2.92 bits per heavy atom. The van der Waals surface area contributed by atoms with Crippen LogP contribution in [-0.4, -0.2) is 30.2 Å². The first-order valence-electron chi connectivity index (χ1n) is 3.54. The van der Waals surface area contributed by atoms with Crippen molar-refractivity contribution in [3.63, 3.8) is 0 Å². The van der Waals surface area contributed by atoms with Crippen molar-refractivity contribution in [2.45, 2.75) is 5.33 Å². The summed E-state index contributed by atoms with van der Waals surface area (Å²) < 4.78 is 9.62. The van der Waals surface area contributed by atoms with Gasteiger partial charge in [-0.25, -0.2) is 4.79 Å². The van der Waals surface area contributed by atoms with Crippen LogP contribution < -0.4 is 4.74 Å². The summed E-state index contributed by atoms with van der Waals surface area (Å²) in [6, 6.07) is 1.55. The molecule has 1 aromatic heterocycles. The van der Waals surface area contributed by atoms with Gasteiger partial charge in [-0.3, -0.25) is 0 Å². The van der Waals surface area contributed by atoms with Crippen molar-refractivity contribution in [3.8, 4) is 5.88 Å². The smallest absolute Gasteiger partial charge is 0.388 e. The van der Waals surface area contributed by atoms with E-state index >= 15 is 0 Å². The number of rotatable bonds is 2. The van der Waals surface area contributed by atoms with Crippen LogP contribution in [0.4, 0.5) is 4.79 Å². The van der Waals surface area contributed by atoms with Gasteiger partial charge in [0.2, 0.25) is 0 Å². The molecule has 0 saturated heterocycles. The van der Waals surface area contributed by atoms with Crippen molar-refractivity contribution in [3.05, 3.63) is 11.8 Å². The molecule has 0 fully saturated rings. The average molecular weight is 249 g/mol. The molecule has 6 heteroatoms. The van der Waals surface area contributed by atoms with Gasteiger partial charge in [-0.1, -0.05) is 15.9 Å². The van der Waals surface area contributed by atoms with Gasteiger partial charge in [-0.05, 0) is 5.16 Å². The maximum absolute atomic E-state index is 11.0. The van der Waals surface area contributed by atoms with Crippen molar-refractivity contribution < 1.29 is 14.1 Å². The van der Waals surface area contributed by atoms with Crippen LogP contribution in [0.15, 0.2) is 10.6 Å². The molecular weight excluding hydrogens is 240 g/mol. The maximum atomic E-state index is 11.0. The number of carbonyl (C=O) groups excluding carboxylic acids is 1. The van der Waals surface area contributed by atoms with E-state index in [-0.39, 0.29) is 5.88 Å². The summed E-state index contributed by atoms with van der Waals surface area (Å²) in [5, 5.41) is 4.08. The first-order chi connectivity index (χ1) is 6.13. The van der Waals surface area contributed by atoms with Crippen molar-refractivity contribution in [1.82, 2.24) is 10.1 Å². The van der Waals surface area contributed by atoms with Crippen LogP contribution in [0.3, 0.4) is 0 Å². The van der Waals surface area contributed by atoms with E-state index in [9.17, 15) is 4.79 Å². The monoisotopic (exact) mass is 248 g/mol. The molecule has 1 rings (SSSR count). The Morgan fingerprint density at radius 2 is 2.46 bits per heavy atom. The molecule has 1 amide bonds. The molecule has 0 atom stereocenters. The molecule has 5 nitrogen and oxygen atoms in total.